The second-order valence-electron chi connectivity index (χ2n) is 5.67. The number of hydrogen-bond acceptors (Lipinski definition) is 4. The van der Waals surface area contributed by atoms with Crippen molar-refractivity contribution in [2.75, 3.05) is 27.9 Å². The van der Waals surface area contributed by atoms with Gasteiger partial charge in [0.25, 0.3) is 0 Å². The van der Waals surface area contributed by atoms with Crippen LogP contribution in [0.1, 0.15) is 52.9 Å². The van der Waals surface area contributed by atoms with E-state index in [1.165, 1.54) is 18.6 Å². The molecule has 0 unspecified atom stereocenters. The standard InChI is InChI=1S/C15H33NO3Si/c1-14(2)13-15(3)16-11-9-7-8-10-12-20(17-4,18-5)19-6/h14H,7-13H2,1-6H3/b16-15-. The van der Waals surface area contributed by atoms with Crippen LogP contribution in [0.25, 0.3) is 0 Å². The van der Waals surface area contributed by atoms with Crippen LogP contribution in [0.3, 0.4) is 0 Å². The predicted molar refractivity (Wildman–Crippen MR) is 87.5 cm³/mol. The highest BCUT2D eigenvalue weighted by molar-refractivity contribution is 6.60. The molecular formula is C15H33NO3Si. The van der Waals surface area contributed by atoms with Gasteiger partial charge in [-0.1, -0.05) is 26.7 Å². The molecule has 0 saturated carbocycles. The van der Waals surface area contributed by atoms with Gasteiger partial charge in [0.1, 0.15) is 0 Å². The average molecular weight is 304 g/mol. The number of aliphatic imine (C=N–C) groups is 1. The fraction of sp³-hybridized carbons (Fsp3) is 0.933. The molecule has 120 valence electrons. The van der Waals surface area contributed by atoms with Crippen LogP contribution in [-0.4, -0.2) is 42.4 Å². The zero-order valence-corrected chi connectivity index (χ0v) is 15.2. The van der Waals surface area contributed by atoms with Gasteiger partial charge in [-0.25, -0.2) is 0 Å². The largest absolute Gasteiger partial charge is 0.500 e. The number of nitrogens with zero attached hydrogens (tertiary/aromatic N) is 1. The van der Waals surface area contributed by atoms with Crippen molar-refractivity contribution in [3.63, 3.8) is 0 Å². The zero-order valence-electron chi connectivity index (χ0n) is 14.2. The van der Waals surface area contributed by atoms with Gasteiger partial charge in [0.15, 0.2) is 0 Å². The minimum absolute atomic E-state index is 0.703. The first-order chi connectivity index (χ1) is 9.49. The van der Waals surface area contributed by atoms with E-state index < -0.39 is 8.80 Å². The van der Waals surface area contributed by atoms with Crippen LogP contribution in [0.5, 0.6) is 0 Å². The Bertz CT molecular complexity index is 258. The highest BCUT2D eigenvalue weighted by atomic mass is 28.4. The molecule has 4 nitrogen and oxygen atoms in total. The maximum absolute atomic E-state index is 5.40. The van der Waals surface area contributed by atoms with Crippen LogP contribution < -0.4 is 0 Å². The Morgan fingerprint density at radius 3 is 2.00 bits per heavy atom. The van der Waals surface area contributed by atoms with Gasteiger partial charge in [-0.2, -0.15) is 0 Å². The summed E-state index contributed by atoms with van der Waals surface area (Å²) in [6.45, 7) is 7.56. The van der Waals surface area contributed by atoms with Crippen molar-refractivity contribution < 1.29 is 13.3 Å². The number of rotatable bonds is 12. The molecule has 0 saturated heterocycles. The van der Waals surface area contributed by atoms with Gasteiger partial charge >= 0.3 is 8.80 Å². The normalized spacial score (nSPS) is 13.2. The third-order valence-electron chi connectivity index (χ3n) is 3.41. The van der Waals surface area contributed by atoms with Crippen LogP contribution in [0, 0.1) is 5.92 Å². The molecule has 0 aliphatic rings. The van der Waals surface area contributed by atoms with Gasteiger partial charge in [0.05, 0.1) is 0 Å². The van der Waals surface area contributed by atoms with Gasteiger partial charge in [-0.15, -0.1) is 0 Å². The van der Waals surface area contributed by atoms with Gasteiger partial charge < -0.3 is 13.3 Å². The fourth-order valence-electron chi connectivity index (χ4n) is 2.29. The highest BCUT2D eigenvalue weighted by Crippen LogP contribution is 2.17. The Balaban J connectivity index is 3.67. The minimum atomic E-state index is -2.35. The maximum atomic E-state index is 5.40. The van der Waals surface area contributed by atoms with E-state index in [9.17, 15) is 0 Å². The van der Waals surface area contributed by atoms with E-state index in [1.807, 2.05) is 0 Å². The van der Waals surface area contributed by atoms with Gasteiger partial charge in [0, 0.05) is 39.6 Å². The monoisotopic (exact) mass is 303 g/mol. The molecule has 0 rings (SSSR count). The summed E-state index contributed by atoms with van der Waals surface area (Å²) in [7, 11) is 2.67. The summed E-state index contributed by atoms with van der Waals surface area (Å²) >= 11 is 0. The molecule has 0 radical (unpaired) electrons. The maximum Gasteiger partial charge on any atom is 0.500 e. The molecule has 0 heterocycles. The molecule has 0 amide bonds. The molecule has 0 spiro atoms. The molecular weight excluding hydrogens is 270 g/mol. The minimum Gasteiger partial charge on any atom is -0.377 e. The second kappa shape index (κ2) is 11.4. The Labute approximate surface area is 126 Å². The molecule has 0 aromatic rings. The van der Waals surface area contributed by atoms with E-state index >= 15 is 0 Å². The molecule has 0 N–H and O–H groups in total. The summed E-state index contributed by atoms with van der Waals surface area (Å²) in [5, 5.41) is 0. The topological polar surface area (TPSA) is 40.0 Å². The van der Waals surface area contributed by atoms with Crippen LogP contribution in [0.4, 0.5) is 0 Å². The molecule has 20 heavy (non-hydrogen) atoms. The molecule has 5 heteroatoms. The average Bonchev–Trinajstić information content (AvgIpc) is 2.42. The first kappa shape index (κ1) is 19.8. The third kappa shape index (κ3) is 8.84. The lowest BCUT2D eigenvalue weighted by molar-refractivity contribution is 0.122. The zero-order chi connectivity index (χ0) is 15.4. The summed E-state index contributed by atoms with van der Waals surface area (Å²) in [4.78, 5) is 4.61. The summed E-state index contributed by atoms with van der Waals surface area (Å²) in [6, 6.07) is 0.895. The quantitative estimate of drug-likeness (QED) is 0.311. The fourth-order valence-corrected chi connectivity index (χ4v) is 4.08. The van der Waals surface area contributed by atoms with Gasteiger partial charge in [-0.05, 0) is 32.1 Å². The van der Waals surface area contributed by atoms with Gasteiger partial charge in [-0.3, -0.25) is 4.99 Å². The van der Waals surface area contributed by atoms with Crippen LogP contribution in [0.2, 0.25) is 6.04 Å². The van der Waals surface area contributed by atoms with Crippen molar-refractivity contribution in [3.05, 3.63) is 0 Å². The van der Waals surface area contributed by atoms with E-state index in [-0.39, 0.29) is 0 Å². The smallest absolute Gasteiger partial charge is 0.377 e. The molecule has 0 bridgehead atoms. The summed E-state index contributed by atoms with van der Waals surface area (Å²) in [5.41, 5.74) is 1.28. The van der Waals surface area contributed by atoms with Gasteiger partial charge in [0.2, 0.25) is 0 Å². The third-order valence-corrected chi connectivity index (χ3v) is 6.24. The molecule has 0 aliphatic heterocycles. The Kier molecular flexibility index (Phi) is 11.3. The van der Waals surface area contributed by atoms with Crippen molar-refractivity contribution >= 4 is 14.5 Å². The predicted octanol–water partition coefficient (Wildman–Crippen LogP) is 3.93. The summed E-state index contributed by atoms with van der Waals surface area (Å²) in [6.07, 6.45) is 5.76. The summed E-state index contributed by atoms with van der Waals surface area (Å²) < 4.78 is 16.2. The first-order valence-corrected chi connectivity index (χ1v) is 9.58. The van der Waals surface area contributed by atoms with Crippen molar-refractivity contribution in [3.8, 4) is 0 Å². The van der Waals surface area contributed by atoms with Crippen LogP contribution >= 0.6 is 0 Å². The lowest BCUT2D eigenvalue weighted by Crippen LogP contribution is -2.42. The van der Waals surface area contributed by atoms with Crippen LogP contribution in [-0.2, 0) is 13.3 Å². The Morgan fingerprint density at radius 2 is 1.50 bits per heavy atom. The number of unbranched alkanes of at least 4 members (excludes halogenated alkanes) is 3. The lowest BCUT2D eigenvalue weighted by atomic mass is 10.1. The van der Waals surface area contributed by atoms with Crippen molar-refractivity contribution in [1.82, 2.24) is 0 Å². The molecule has 0 aliphatic carbocycles. The van der Waals surface area contributed by atoms with Crippen molar-refractivity contribution in [2.24, 2.45) is 10.9 Å². The van der Waals surface area contributed by atoms with E-state index in [4.69, 9.17) is 13.3 Å². The van der Waals surface area contributed by atoms with E-state index in [2.05, 4.69) is 25.8 Å². The van der Waals surface area contributed by atoms with E-state index in [0.29, 0.717) is 5.92 Å². The Hall–Kier alpha value is -0.233. The first-order valence-electron chi connectivity index (χ1n) is 7.65. The second-order valence-corrected chi connectivity index (χ2v) is 8.77. The molecule has 0 aromatic heterocycles. The molecule has 0 aromatic carbocycles. The van der Waals surface area contributed by atoms with E-state index in [0.717, 1.165) is 31.9 Å². The summed E-state index contributed by atoms with van der Waals surface area (Å²) in [5.74, 6) is 0.703. The molecule has 0 atom stereocenters. The SMILES string of the molecule is CO[Si](CCCCCC/N=C(/C)CC(C)C)(OC)OC. The highest BCUT2D eigenvalue weighted by Gasteiger charge is 2.36. The molecule has 0 fully saturated rings. The van der Waals surface area contributed by atoms with E-state index in [1.54, 1.807) is 21.3 Å². The Morgan fingerprint density at radius 1 is 0.950 bits per heavy atom. The van der Waals surface area contributed by atoms with Crippen molar-refractivity contribution in [2.45, 2.75) is 58.9 Å². The lowest BCUT2D eigenvalue weighted by Gasteiger charge is -2.24. The number of hydrogen-bond donors (Lipinski definition) is 0. The van der Waals surface area contributed by atoms with Crippen LogP contribution in [0.15, 0.2) is 4.99 Å². The van der Waals surface area contributed by atoms with Crippen molar-refractivity contribution in [1.29, 1.82) is 0 Å².